The molecule has 0 saturated carbocycles. The van der Waals surface area contributed by atoms with Crippen LogP contribution < -0.4 is 0 Å². The van der Waals surface area contributed by atoms with E-state index in [1.54, 1.807) is 12.1 Å². The van der Waals surface area contributed by atoms with Crippen LogP contribution in [0.3, 0.4) is 0 Å². The summed E-state index contributed by atoms with van der Waals surface area (Å²) in [6.07, 6.45) is -3.40. The van der Waals surface area contributed by atoms with E-state index in [1.807, 2.05) is 49.4 Å². The normalized spacial score (nSPS) is 30.4. The number of rotatable bonds is 3. The Balaban J connectivity index is 1.43. The molecule has 5 atom stereocenters. The van der Waals surface area contributed by atoms with Crippen molar-refractivity contribution < 1.29 is 28.8 Å². The minimum absolute atomic E-state index is 0.0999. The van der Waals surface area contributed by atoms with Gasteiger partial charge in [0.05, 0.1) is 18.8 Å². The van der Waals surface area contributed by atoms with Gasteiger partial charge in [0, 0.05) is 5.56 Å². The molecule has 2 fully saturated rings. The highest BCUT2D eigenvalue weighted by atomic mass is 16.7. The zero-order valence-corrected chi connectivity index (χ0v) is 15.0. The van der Waals surface area contributed by atoms with Crippen LogP contribution in [0.1, 0.15) is 27.8 Å². The molecule has 0 amide bonds. The molecule has 2 heterocycles. The number of hydrogen-bond donors (Lipinski definition) is 1. The predicted octanol–water partition coefficient (Wildman–Crippen LogP) is 2.39. The quantitative estimate of drug-likeness (QED) is 0.837. The maximum Gasteiger partial charge on any atom is 0.338 e. The van der Waals surface area contributed by atoms with Crippen molar-refractivity contribution in [2.75, 3.05) is 13.2 Å². The minimum Gasteiger partial charge on any atom is -0.453 e. The number of aryl methyl sites for hydroxylation is 1. The summed E-state index contributed by atoms with van der Waals surface area (Å²) in [6.45, 7) is 2.35. The van der Waals surface area contributed by atoms with Crippen molar-refractivity contribution in [3.8, 4) is 0 Å². The first-order chi connectivity index (χ1) is 13.1. The summed E-state index contributed by atoms with van der Waals surface area (Å²) in [5.74, 6) is -0.493. The topological polar surface area (TPSA) is 74.2 Å². The van der Waals surface area contributed by atoms with Crippen LogP contribution in [0.2, 0.25) is 0 Å². The molecule has 2 aromatic rings. The number of fused-ring (bicyclic) bond motifs is 1. The Hall–Kier alpha value is -2.25. The van der Waals surface area contributed by atoms with Gasteiger partial charge >= 0.3 is 5.97 Å². The van der Waals surface area contributed by atoms with Crippen LogP contribution in [0.4, 0.5) is 0 Å². The fourth-order valence-corrected chi connectivity index (χ4v) is 3.30. The second-order valence-corrected chi connectivity index (χ2v) is 6.85. The standard InChI is InChI=1S/C21H22O6/c1-13-7-9-14(10-8-13)20(23)26-16-11-24-17-12-25-21(27-19(17)18(16)22)15-5-3-2-4-6-15/h2-10,16-19,21-22H,11-12H2,1H3/t16-,17+,18+,19+,21?/m0/s1. The first-order valence-electron chi connectivity index (χ1n) is 9.01. The summed E-state index contributed by atoms with van der Waals surface area (Å²) in [6, 6.07) is 16.6. The Bertz CT molecular complexity index is 775. The van der Waals surface area contributed by atoms with E-state index in [9.17, 15) is 9.90 Å². The number of benzene rings is 2. The predicted molar refractivity (Wildman–Crippen MR) is 96.1 cm³/mol. The van der Waals surface area contributed by atoms with Crippen LogP contribution in [0.15, 0.2) is 54.6 Å². The molecule has 142 valence electrons. The number of ether oxygens (including phenoxy) is 4. The van der Waals surface area contributed by atoms with E-state index >= 15 is 0 Å². The van der Waals surface area contributed by atoms with Crippen LogP contribution in [-0.2, 0) is 18.9 Å². The molecule has 0 radical (unpaired) electrons. The largest absolute Gasteiger partial charge is 0.453 e. The number of carbonyl (C=O) groups is 1. The molecule has 2 aliphatic rings. The van der Waals surface area contributed by atoms with Gasteiger partial charge in [0.2, 0.25) is 0 Å². The SMILES string of the molecule is Cc1ccc(C(=O)O[C@H]2CO[C@@H]3COC(c4ccccc4)O[C@H]3[C@@H]2O)cc1. The smallest absolute Gasteiger partial charge is 0.338 e. The average Bonchev–Trinajstić information content (AvgIpc) is 2.71. The van der Waals surface area contributed by atoms with Crippen LogP contribution >= 0.6 is 0 Å². The highest BCUT2D eigenvalue weighted by Gasteiger charge is 2.46. The minimum atomic E-state index is -0.992. The second kappa shape index (κ2) is 7.78. The number of aliphatic hydroxyl groups excluding tert-OH is 1. The Kier molecular flexibility index (Phi) is 5.22. The molecular formula is C21H22O6. The summed E-state index contributed by atoms with van der Waals surface area (Å²) in [5.41, 5.74) is 2.35. The fraction of sp³-hybridized carbons (Fsp3) is 0.381. The van der Waals surface area contributed by atoms with Crippen molar-refractivity contribution in [2.24, 2.45) is 0 Å². The van der Waals surface area contributed by atoms with Crippen molar-refractivity contribution >= 4 is 5.97 Å². The van der Waals surface area contributed by atoms with Gasteiger partial charge in [-0.15, -0.1) is 0 Å². The van der Waals surface area contributed by atoms with Gasteiger partial charge < -0.3 is 24.1 Å². The third kappa shape index (κ3) is 3.89. The summed E-state index contributed by atoms with van der Waals surface area (Å²) < 4.78 is 22.8. The maximum atomic E-state index is 12.4. The van der Waals surface area contributed by atoms with Gasteiger partial charge in [-0.25, -0.2) is 4.79 Å². The zero-order chi connectivity index (χ0) is 18.8. The van der Waals surface area contributed by atoms with E-state index in [4.69, 9.17) is 18.9 Å². The lowest BCUT2D eigenvalue weighted by Crippen LogP contribution is -2.59. The molecule has 0 bridgehead atoms. The number of hydrogen-bond acceptors (Lipinski definition) is 6. The molecule has 27 heavy (non-hydrogen) atoms. The summed E-state index contributed by atoms with van der Waals surface area (Å²) in [4.78, 5) is 12.4. The third-order valence-corrected chi connectivity index (χ3v) is 4.87. The lowest BCUT2D eigenvalue weighted by Gasteiger charge is -2.44. The molecule has 0 aliphatic carbocycles. The van der Waals surface area contributed by atoms with Gasteiger partial charge in [0.25, 0.3) is 0 Å². The molecule has 6 heteroatoms. The molecule has 0 spiro atoms. The van der Waals surface area contributed by atoms with E-state index < -0.39 is 36.7 Å². The van der Waals surface area contributed by atoms with Gasteiger partial charge in [0.1, 0.15) is 18.3 Å². The Labute approximate surface area is 157 Å². The van der Waals surface area contributed by atoms with E-state index in [0.29, 0.717) is 12.2 Å². The van der Waals surface area contributed by atoms with E-state index in [-0.39, 0.29) is 6.61 Å². The van der Waals surface area contributed by atoms with Crippen molar-refractivity contribution in [3.05, 3.63) is 71.3 Å². The van der Waals surface area contributed by atoms with E-state index in [0.717, 1.165) is 11.1 Å². The van der Waals surface area contributed by atoms with E-state index in [2.05, 4.69) is 0 Å². The van der Waals surface area contributed by atoms with E-state index in [1.165, 1.54) is 0 Å². The third-order valence-electron chi connectivity index (χ3n) is 4.87. The zero-order valence-electron chi connectivity index (χ0n) is 15.0. The summed E-state index contributed by atoms with van der Waals surface area (Å²) >= 11 is 0. The molecule has 6 nitrogen and oxygen atoms in total. The fourth-order valence-electron chi connectivity index (χ4n) is 3.30. The Morgan fingerprint density at radius 3 is 2.52 bits per heavy atom. The summed E-state index contributed by atoms with van der Waals surface area (Å²) in [7, 11) is 0. The van der Waals surface area contributed by atoms with Crippen LogP contribution in [0, 0.1) is 6.92 Å². The summed E-state index contributed by atoms with van der Waals surface area (Å²) in [5, 5.41) is 10.7. The highest BCUT2D eigenvalue weighted by Crippen LogP contribution is 2.33. The Morgan fingerprint density at radius 2 is 1.78 bits per heavy atom. The molecule has 1 unspecified atom stereocenters. The van der Waals surface area contributed by atoms with Crippen molar-refractivity contribution in [1.82, 2.24) is 0 Å². The molecule has 0 aromatic heterocycles. The van der Waals surface area contributed by atoms with Crippen molar-refractivity contribution in [3.63, 3.8) is 0 Å². The molecular weight excluding hydrogens is 348 g/mol. The molecule has 1 N–H and O–H groups in total. The van der Waals surface area contributed by atoms with Crippen molar-refractivity contribution in [2.45, 2.75) is 37.6 Å². The van der Waals surface area contributed by atoms with Crippen LogP contribution in [0.25, 0.3) is 0 Å². The molecule has 2 aromatic carbocycles. The lowest BCUT2D eigenvalue weighted by molar-refractivity contribution is -0.313. The molecule has 2 saturated heterocycles. The monoisotopic (exact) mass is 370 g/mol. The first kappa shape index (κ1) is 18.1. The lowest BCUT2D eigenvalue weighted by atomic mass is 9.98. The average molecular weight is 370 g/mol. The van der Waals surface area contributed by atoms with Gasteiger partial charge in [-0.3, -0.25) is 0 Å². The first-order valence-corrected chi connectivity index (χ1v) is 9.01. The Morgan fingerprint density at radius 1 is 1.04 bits per heavy atom. The molecule has 4 rings (SSSR count). The van der Waals surface area contributed by atoms with Gasteiger partial charge in [-0.05, 0) is 19.1 Å². The number of aliphatic hydroxyl groups is 1. The van der Waals surface area contributed by atoms with Crippen molar-refractivity contribution in [1.29, 1.82) is 0 Å². The van der Waals surface area contributed by atoms with Crippen LogP contribution in [-0.4, -0.2) is 48.7 Å². The maximum absolute atomic E-state index is 12.4. The number of carbonyl (C=O) groups excluding carboxylic acids is 1. The van der Waals surface area contributed by atoms with Gasteiger partial charge in [-0.1, -0.05) is 48.0 Å². The van der Waals surface area contributed by atoms with Crippen LogP contribution in [0.5, 0.6) is 0 Å². The second-order valence-electron chi connectivity index (χ2n) is 6.85. The van der Waals surface area contributed by atoms with Gasteiger partial charge in [0.15, 0.2) is 12.4 Å². The highest BCUT2D eigenvalue weighted by molar-refractivity contribution is 5.89. The molecule has 2 aliphatic heterocycles. The van der Waals surface area contributed by atoms with Gasteiger partial charge in [-0.2, -0.15) is 0 Å². The number of esters is 1.